The summed E-state index contributed by atoms with van der Waals surface area (Å²) in [7, 11) is 0. The molecular formula is C59H43N3. The second-order valence-electron chi connectivity index (χ2n) is 17.0. The zero-order valence-electron chi connectivity index (χ0n) is 34.7. The van der Waals surface area contributed by atoms with E-state index in [0.29, 0.717) is 0 Å². The molecule has 0 bridgehead atoms. The van der Waals surface area contributed by atoms with Gasteiger partial charge in [0.25, 0.3) is 0 Å². The smallest absolute Gasteiger partial charge is 0.0583 e. The van der Waals surface area contributed by atoms with Gasteiger partial charge in [-0.15, -0.1) is 0 Å². The Labute approximate surface area is 362 Å². The van der Waals surface area contributed by atoms with Crippen molar-refractivity contribution in [1.82, 2.24) is 4.57 Å². The Hall–Kier alpha value is -7.88. The molecule has 0 N–H and O–H groups in total. The molecule has 10 aromatic carbocycles. The highest BCUT2D eigenvalue weighted by atomic mass is 15.2. The van der Waals surface area contributed by atoms with Crippen LogP contribution < -0.4 is 9.80 Å². The van der Waals surface area contributed by atoms with Gasteiger partial charge in [-0.3, -0.25) is 0 Å². The van der Waals surface area contributed by atoms with E-state index < -0.39 is 0 Å². The molecular weight excluding hydrogens is 751 g/mol. The molecule has 0 fully saturated rings. The molecule has 62 heavy (non-hydrogen) atoms. The molecule has 0 radical (unpaired) electrons. The molecule has 294 valence electrons. The van der Waals surface area contributed by atoms with Crippen molar-refractivity contribution >= 4 is 77.5 Å². The summed E-state index contributed by atoms with van der Waals surface area (Å²) in [6.45, 7) is 4.75. The monoisotopic (exact) mass is 793 g/mol. The van der Waals surface area contributed by atoms with Crippen molar-refractivity contribution in [3.8, 4) is 16.8 Å². The first-order valence-electron chi connectivity index (χ1n) is 21.5. The lowest BCUT2D eigenvalue weighted by Crippen LogP contribution is -2.16. The number of hydrogen-bond acceptors (Lipinski definition) is 2. The van der Waals surface area contributed by atoms with Crippen LogP contribution in [0.3, 0.4) is 0 Å². The fourth-order valence-electron chi connectivity index (χ4n) is 10.1. The number of fused-ring (bicyclic) bond motifs is 8. The summed E-state index contributed by atoms with van der Waals surface area (Å²) in [5, 5.41) is 7.36. The SMILES string of the molecule is CC1(C)c2ccc(N(c3ccccc3)c3cc(N(c4ccccc4)c4ccccc4)cc4c3c3ccccc3n4-c3ccc4ccccc4c3)cc2-c2cc3ccccc3cc21. The van der Waals surface area contributed by atoms with E-state index in [1.54, 1.807) is 0 Å². The lowest BCUT2D eigenvalue weighted by Gasteiger charge is -2.31. The Morgan fingerprint density at radius 1 is 0.355 bits per heavy atom. The lowest BCUT2D eigenvalue weighted by molar-refractivity contribution is 0.661. The van der Waals surface area contributed by atoms with Gasteiger partial charge in [-0.25, -0.2) is 0 Å². The summed E-state index contributed by atoms with van der Waals surface area (Å²) in [6.07, 6.45) is 0. The predicted octanol–water partition coefficient (Wildman–Crippen LogP) is 16.3. The fourth-order valence-corrected chi connectivity index (χ4v) is 10.1. The van der Waals surface area contributed by atoms with Gasteiger partial charge in [-0.2, -0.15) is 0 Å². The lowest BCUT2D eigenvalue weighted by atomic mass is 9.82. The fraction of sp³-hybridized carbons (Fsp3) is 0.0508. The third-order valence-electron chi connectivity index (χ3n) is 13.1. The molecule has 0 saturated heterocycles. The van der Waals surface area contributed by atoms with Gasteiger partial charge in [-0.1, -0.05) is 147 Å². The molecule has 1 aliphatic rings. The molecule has 12 rings (SSSR count). The van der Waals surface area contributed by atoms with Crippen molar-refractivity contribution in [1.29, 1.82) is 0 Å². The Balaban J connectivity index is 1.19. The predicted molar refractivity (Wildman–Crippen MR) is 263 cm³/mol. The highest BCUT2D eigenvalue weighted by Crippen LogP contribution is 2.53. The minimum Gasteiger partial charge on any atom is -0.310 e. The van der Waals surface area contributed by atoms with E-state index in [-0.39, 0.29) is 5.41 Å². The standard InChI is InChI=1S/C59H43N3/c1-59(2)53-33-32-48(37-52(53)51-35-42-20-14-15-21-43(42)36-54(51)59)61(46-26-10-5-11-27-46)56-38-49(60(44-22-6-3-7-23-44)45-24-8-4-9-25-45)39-57-58(56)50-28-16-17-29-55(50)62(57)47-31-30-40-18-12-13-19-41(40)34-47/h3-39H,1-2H3. The van der Waals surface area contributed by atoms with E-state index in [1.165, 1.54) is 54.6 Å². The van der Waals surface area contributed by atoms with Crippen molar-refractivity contribution in [3.63, 3.8) is 0 Å². The number of aromatic nitrogens is 1. The molecule has 0 amide bonds. The summed E-state index contributed by atoms with van der Waals surface area (Å²) in [6, 6.07) is 82.3. The topological polar surface area (TPSA) is 11.4 Å². The minimum atomic E-state index is -0.142. The Kier molecular flexibility index (Phi) is 8.20. The second kappa shape index (κ2) is 14.1. The van der Waals surface area contributed by atoms with Crippen LogP contribution in [0.1, 0.15) is 25.0 Å². The van der Waals surface area contributed by atoms with Crippen molar-refractivity contribution in [2.24, 2.45) is 0 Å². The second-order valence-corrected chi connectivity index (χ2v) is 17.0. The van der Waals surface area contributed by atoms with Crippen molar-refractivity contribution < 1.29 is 0 Å². The number of anilines is 6. The van der Waals surface area contributed by atoms with Crippen LogP contribution in [0, 0.1) is 0 Å². The number of benzene rings is 10. The summed E-state index contributed by atoms with van der Waals surface area (Å²) in [5.74, 6) is 0. The highest BCUT2D eigenvalue weighted by Gasteiger charge is 2.36. The summed E-state index contributed by atoms with van der Waals surface area (Å²) in [4.78, 5) is 4.88. The zero-order chi connectivity index (χ0) is 41.4. The quantitative estimate of drug-likeness (QED) is 0.159. The van der Waals surface area contributed by atoms with E-state index >= 15 is 0 Å². The summed E-state index contributed by atoms with van der Waals surface area (Å²) in [5.41, 5.74) is 15.1. The van der Waals surface area contributed by atoms with Crippen LogP contribution in [0.4, 0.5) is 34.1 Å². The van der Waals surface area contributed by atoms with Gasteiger partial charge in [0.05, 0.1) is 22.4 Å². The first kappa shape index (κ1) is 36.0. The Morgan fingerprint density at radius 3 is 1.58 bits per heavy atom. The molecule has 0 atom stereocenters. The van der Waals surface area contributed by atoms with Gasteiger partial charge >= 0.3 is 0 Å². The largest absolute Gasteiger partial charge is 0.310 e. The number of para-hydroxylation sites is 4. The average Bonchev–Trinajstić information content (AvgIpc) is 3.77. The van der Waals surface area contributed by atoms with Crippen LogP contribution in [-0.4, -0.2) is 4.57 Å². The molecule has 11 aromatic rings. The third kappa shape index (κ3) is 5.66. The normalized spacial score (nSPS) is 12.8. The van der Waals surface area contributed by atoms with E-state index in [1.807, 2.05) is 0 Å². The molecule has 1 aromatic heterocycles. The molecule has 1 aliphatic carbocycles. The molecule has 3 nitrogen and oxygen atoms in total. The summed E-state index contributed by atoms with van der Waals surface area (Å²) < 4.78 is 2.47. The van der Waals surface area contributed by atoms with E-state index in [0.717, 1.165) is 50.8 Å². The van der Waals surface area contributed by atoms with Gasteiger partial charge in [0, 0.05) is 44.6 Å². The van der Waals surface area contributed by atoms with E-state index in [2.05, 4.69) is 253 Å². The third-order valence-corrected chi connectivity index (χ3v) is 13.1. The van der Waals surface area contributed by atoms with Gasteiger partial charge < -0.3 is 14.4 Å². The summed E-state index contributed by atoms with van der Waals surface area (Å²) >= 11 is 0. The maximum absolute atomic E-state index is 2.49. The average molecular weight is 794 g/mol. The molecule has 3 heteroatoms. The van der Waals surface area contributed by atoms with Gasteiger partial charge in [-0.05, 0) is 135 Å². The van der Waals surface area contributed by atoms with Gasteiger partial charge in [0.2, 0.25) is 0 Å². The molecule has 0 unspecified atom stereocenters. The molecule has 0 spiro atoms. The van der Waals surface area contributed by atoms with Gasteiger partial charge in [0.1, 0.15) is 0 Å². The molecule has 0 saturated carbocycles. The van der Waals surface area contributed by atoms with Crippen LogP contribution in [-0.2, 0) is 5.41 Å². The molecule has 0 aliphatic heterocycles. The van der Waals surface area contributed by atoms with Gasteiger partial charge in [0.15, 0.2) is 0 Å². The maximum atomic E-state index is 2.49. The van der Waals surface area contributed by atoms with Crippen LogP contribution in [0.25, 0.3) is 60.2 Å². The Bertz CT molecular complexity index is 3450. The van der Waals surface area contributed by atoms with Crippen LogP contribution in [0.5, 0.6) is 0 Å². The van der Waals surface area contributed by atoms with Crippen molar-refractivity contribution in [2.75, 3.05) is 9.80 Å². The highest BCUT2D eigenvalue weighted by molar-refractivity contribution is 6.18. The van der Waals surface area contributed by atoms with Crippen LogP contribution >= 0.6 is 0 Å². The first-order chi connectivity index (χ1) is 30.5. The van der Waals surface area contributed by atoms with E-state index in [4.69, 9.17) is 0 Å². The van der Waals surface area contributed by atoms with Crippen LogP contribution in [0.2, 0.25) is 0 Å². The Morgan fingerprint density at radius 2 is 0.903 bits per heavy atom. The van der Waals surface area contributed by atoms with Crippen LogP contribution in [0.15, 0.2) is 224 Å². The number of rotatable bonds is 7. The number of nitrogens with zero attached hydrogens (tertiary/aromatic N) is 3. The van der Waals surface area contributed by atoms with Crippen molar-refractivity contribution in [3.05, 3.63) is 236 Å². The van der Waals surface area contributed by atoms with Crippen molar-refractivity contribution in [2.45, 2.75) is 19.3 Å². The zero-order valence-corrected chi connectivity index (χ0v) is 34.7. The maximum Gasteiger partial charge on any atom is 0.0583 e. The molecule has 1 heterocycles. The van der Waals surface area contributed by atoms with E-state index in [9.17, 15) is 0 Å². The minimum absolute atomic E-state index is 0.142. The number of hydrogen-bond donors (Lipinski definition) is 0. The first-order valence-corrected chi connectivity index (χ1v) is 21.5.